The lowest BCUT2D eigenvalue weighted by atomic mass is 9.94. The summed E-state index contributed by atoms with van der Waals surface area (Å²) < 4.78 is 0. The molecule has 1 saturated heterocycles. The smallest absolute Gasteiger partial charge is 0.252 e. The largest absolute Gasteiger partial charge is 0.391 e. The van der Waals surface area contributed by atoms with Gasteiger partial charge in [-0.05, 0) is 36.5 Å². The van der Waals surface area contributed by atoms with Gasteiger partial charge in [0.05, 0.1) is 17.6 Å². The summed E-state index contributed by atoms with van der Waals surface area (Å²) in [5.41, 5.74) is 0.473. The fraction of sp³-hybridized carbons (Fsp3) is 0.556. The molecule has 0 aromatic carbocycles. The lowest BCUT2D eigenvalue weighted by Crippen LogP contribution is -2.51. The number of aliphatic hydroxyl groups excluding tert-OH is 1. The number of pyridine rings is 1. The minimum Gasteiger partial charge on any atom is -0.391 e. The Bertz CT molecular complexity index is 1100. The van der Waals surface area contributed by atoms with Gasteiger partial charge in [0, 0.05) is 35.3 Å². The number of hydrogen-bond donors (Lipinski definition) is 2. The van der Waals surface area contributed by atoms with Crippen molar-refractivity contribution in [2.45, 2.75) is 88.9 Å². The topological polar surface area (TPSA) is 110 Å². The molecule has 36 heavy (non-hydrogen) atoms. The number of anilines is 1. The third-order valence-corrected chi connectivity index (χ3v) is 8.47. The number of hydrogen-bond acceptors (Lipinski definition) is 7. The average Bonchev–Trinajstić information content (AvgIpc) is 3.50. The van der Waals surface area contributed by atoms with E-state index < -0.39 is 18.2 Å². The highest BCUT2D eigenvalue weighted by Crippen LogP contribution is 2.39. The van der Waals surface area contributed by atoms with Crippen molar-refractivity contribution in [1.29, 1.82) is 5.26 Å². The zero-order valence-corrected chi connectivity index (χ0v) is 22.0. The third kappa shape index (κ3) is 5.71. The van der Waals surface area contributed by atoms with E-state index >= 15 is 0 Å². The quantitative estimate of drug-likeness (QED) is 0.572. The maximum atomic E-state index is 14.2. The number of carbonyl (C=O) groups is 2. The fourth-order valence-electron chi connectivity index (χ4n) is 5.02. The van der Waals surface area contributed by atoms with Gasteiger partial charge in [0.2, 0.25) is 5.91 Å². The SMILES string of the molecule is CC(C)(C)c1ccc(N(C(=O)C2CC(O)CN2C#N)C(C(=O)NC2CCCCC2)c2cccnc2)s1. The molecule has 2 aromatic rings. The van der Waals surface area contributed by atoms with E-state index in [0.717, 1.165) is 30.6 Å². The van der Waals surface area contributed by atoms with Gasteiger partial charge in [0.1, 0.15) is 12.1 Å². The van der Waals surface area contributed by atoms with Crippen LogP contribution in [0.15, 0.2) is 36.7 Å². The number of thiophene rings is 1. The molecule has 192 valence electrons. The molecule has 2 aliphatic rings. The van der Waals surface area contributed by atoms with Crippen LogP contribution < -0.4 is 10.2 Å². The summed E-state index contributed by atoms with van der Waals surface area (Å²) in [6.45, 7) is 6.42. The van der Waals surface area contributed by atoms with Gasteiger partial charge >= 0.3 is 0 Å². The van der Waals surface area contributed by atoms with Crippen molar-refractivity contribution in [3.05, 3.63) is 47.1 Å². The Morgan fingerprint density at radius 3 is 2.61 bits per heavy atom. The molecule has 3 unspecified atom stereocenters. The minimum absolute atomic E-state index is 0.0692. The number of nitrogens with one attached hydrogen (secondary N) is 1. The molecule has 0 bridgehead atoms. The van der Waals surface area contributed by atoms with Gasteiger partial charge in [-0.25, -0.2) is 0 Å². The van der Waals surface area contributed by atoms with Crippen LogP contribution in [0.3, 0.4) is 0 Å². The molecule has 2 aromatic heterocycles. The number of rotatable bonds is 6. The van der Waals surface area contributed by atoms with Crippen molar-refractivity contribution in [2.75, 3.05) is 11.4 Å². The lowest BCUT2D eigenvalue weighted by molar-refractivity contribution is -0.128. The molecule has 1 aliphatic carbocycles. The van der Waals surface area contributed by atoms with Gasteiger partial charge in [-0.15, -0.1) is 11.3 Å². The van der Waals surface area contributed by atoms with E-state index in [0.29, 0.717) is 10.6 Å². The number of β-amino-alcohol motifs (C(OH)–C–C–N with tert-alkyl or cyclic N) is 1. The molecule has 4 rings (SSSR count). The van der Waals surface area contributed by atoms with Gasteiger partial charge in [-0.2, -0.15) is 5.26 Å². The molecule has 2 fully saturated rings. The Kier molecular flexibility index (Phi) is 7.96. The molecule has 3 heterocycles. The van der Waals surface area contributed by atoms with Crippen molar-refractivity contribution in [3.63, 3.8) is 0 Å². The first-order chi connectivity index (χ1) is 17.2. The normalized spacial score (nSPS) is 21.6. The summed E-state index contributed by atoms with van der Waals surface area (Å²) in [5, 5.41) is 23.7. The van der Waals surface area contributed by atoms with Crippen LogP contribution in [0, 0.1) is 11.5 Å². The summed E-state index contributed by atoms with van der Waals surface area (Å²) >= 11 is 1.47. The summed E-state index contributed by atoms with van der Waals surface area (Å²) in [7, 11) is 0. The van der Waals surface area contributed by atoms with Crippen LogP contribution in [0.5, 0.6) is 0 Å². The summed E-state index contributed by atoms with van der Waals surface area (Å²) in [6, 6.07) is 5.72. The Labute approximate surface area is 216 Å². The van der Waals surface area contributed by atoms with Crippen LogP contribution in [0.25, 0.3) is 0 Å². The number of aromatic nitrogens is 1. The second-order valence-electron chi connectivity index (χ2n) is 10.8. The van der Waals surface area contributed by atoms with Crippen LogP contribution in [0.1, 0.15) is 75.8 Å². The standard InChI is InChI=1S/C27H35N5O3S/c1-27(2,3)22-11-12-23(36-22)32(26(35)21-14-20(33)16-31(21)17-28)24(18-8-7-13-29-15-18)25(34)30-19-9-5-4-6-10-19/h7-8,11-13,15,19-21,24,33H,4-6,9-10,14,16H2,1-3H3,(H,30,34). The number of likely N-dealkylation sites (tertiary alicyclic amines) is 1. The first kappa shape index (κ1) is 26.1. The molecule has 1 saturated carbocycles. The van der Waals surface area contributed by atoms with Crippen LogP contribution >= 0.6 is 11.3 Å². The maximum Gasteiger partial charge on any atom is 0.252 e. The predicted octanol–water partition coefficient (Wildman–Crippen LogP) is 3.88. The number of carbonyl (C=O) groups excluding carboxylic acids is 2. The van der Waals surface area contributed by atoms with Gasteiger partial charge in [0.25, 0.3) is 5.91 Å². The molecule has 9 heteroatoms. The Morgan fingerprint density at radius 1 is 1.25 bits per heavy atom. The molecular weight excluding hydrogens is 474 g/mol. The van der Waals surface area contributed by atoms with E-state index in [1.54, 1.807) is 18.5 Å². The molecule has 0 spiro atoms. The molecular formula is C27H35N5O3S. The van der Waals surface area contributed by atoms with E-state index in [2.05, 4.69) is 37.3 Å². The van der Waals surface area contributed by atoms with Crippen molar-refractivity contribution in [3.8, 4) is 6.19 Å². The monoisotopic (exact) mass is 509 g/mol. The Balaban J connectivity index is 1.78. The van der Waals surface area contributed by atoms with Gasteiger partial charge < -0.3 is 10.4 Å². The van der Waals surface area contributed by atoms with Crippen LogP contribution in [-0.4, -0.2) is 51.5 Å². The average molecular weight is 510 g/mol. The van der Waals surface area contributed by atoms with Crippen molar-refractivity contribution in [1.82, 2.24) is 15.2 Å². The fourth-order valence-corrected chi connectivity index (χ4v) is 6.12. The molecule has 3 atom stereocenters. The van der Waals surface area contributed by atoms with E-state index in [1.165, 1.54) is 27.6 Å². The van der Waals surface area contributed by atoms with Crippen LogP contribution in [-0.2, 0) is 15.0 Å². The van der Waals surface area contributed by atoms with E-state index in [9.17, 15) is 20.0 Å². The van der Waals surface area contributed by atoms with Gasteiger partial charge in [0.15, 0.2) is 6.19 Å². The minimum atomic E-state index is -0.946. The summed E-state index contributed by atoms with van der Waals surface area (Å²) in [4.78, 5) is 36.2. The Hall–Kier alpha value is -2.96. The van der Waals surface area contributed by atoms with E-state index in [-0.39, 0.29) is 36.2 Å². The third-order valence-electron chi connectivity index (χ3n) is 6.96. The lowest BCUT2D eigenvalue weighted by Gasteiger charge is -2.34. The zero-order chi connectivity index (χ0) is 25.9. The maximum absolute atomic E-state index is 14.2. The van der Waals surface area contributed by atoms with Crippen LogP contribution in [0.2, 0.25) is 0 Å². The molecule has 2 amide bonds. The highest BCUT2D eigenvalue weighted by atomic mass is 32.1. The highest BCUT2D eigenvalue weighted by Gasteiger charge is 2.43. The van der Waals surface area contributed by atoms with Gasteiger partial charge in [-0.3, -0.25) is 24.4 Å². The van der Waals surface area contributed by atoms with Crippen LogP contribution in [0.4, 0.5) is 5.00 Å². The van der Waals surface area contributed by atoms with Crippen molar-refractivity contribution < 1.29 is 14.7 Å². The summed E-state index contributed by atoms with van der Waals surface area (Å²) in [5.74, 6) is -0.626. The molecule has 2 N–H and O–H groups in total. The molecule has 1 aliphatic heterocycles. The predicted molar refractivity (Wildman–Crippen MR) is 139 cm³/mol. The number of nitrogens with zero attached hydrogens (tertiary/aromatic N) is 4. The van der Waals surface area contributed by atoms with E-state index in [1.807, 2.05) is 18.2 Å². The first-order valence-electron chi connectivity index (χ1n) is 12.7. The highest BCUT2D eigenvalue weighted by molar-refractivity contribution is 7.16. The second kappa shape index (κ2) is 11.0. The second-order valence-corrected chi connectivity index (χ2v) is 11.8. The molecule has 0 radical (unpaired) electrons. The van der Waals surface area contributed by atoms with Gasteiger partial charge in [-0.1, -0.05) is 46.1 Å². The molecule has 8 nitrogen and oxygen atoms in total. The zero-order valence-electron chi connectivity index (χ0n) is 21.2. The Morgan fingerprint density at radius 2 is 2.00 bits per heavy atom. The van der Waals surface area contributed by atoms with E-state index in [4.69, 9.17) is 0 Å². The number of nitriles is 1. The first-order valence-corrected chi connectivity index (χ1v) is 13.5. The number of amides is 2. The van der Waals surface area contributed by atoms with Crippen molar-refractivity contribution >= 4 is 28.2 Å². The van der Waals surface area contributed by atoms with Crippen molar-refractivity contribution in [2.24, 2.45) is 0 Å². The number of aliphatic hydroxyl groups is 1. The summed E-state index contributed by atoms with van der Waals surface area (Å²) in [6.07, 6.45) is 9.83.